The molecule has 3 rings (SSSR count). The van der Waals surface area contributed by atoms with E-state index in [2.05, 4.69) is 12.1 Å². The van der Waals surface area contributed by atoms with Crippen molar-refractivity contribution >= 4 is 0 Å². The van der Waals surface area contributed by atoms with Crippen molar-refractivity contribution in [2.75, 3.05) is 7.11 Å². The van der Waals surface area contributed by atoms with E-state index < -0.39 is 5.60 Å². The Labute approximate surface area is 127 Å². The standard InChI is InChI=1S/C18H26O3/c1-18(2,19)15-11-14(15)12-8-9-16(20-3)17(10-12)21-13-6-4-5-7-13/h8-10,13-15,19H,4-7,11H2,1-3H3. The molecule has 0 bridgehead atoms. The summed E-state index contributed by atoms with van der Waals surface area (Å²) in [6.07, 6.45) is 6.19. The SMILES string of the molecule is COc1ccc(C2CC2C(C)(C)O)cc1OC1CCCC1. The second-order valence-corrected chi connectivity index (χ2v) is 7.04. The van der Waals surface area contributed by atoms with Gasteiger partial charge in [0.15, 0.2) is 11.5 Å². The molecule has 2 fully saturated rings. The molecule has 21 heavy (non-hydrogen) atoms. The molecule has 2 aliphatic carbocycles. The van der Waals surface area contributed by atoms with E-state index in [1.165, 1.54) is 18.4 Å². The molecule has 2 saturated carbocycles. The quantitative estimate of drug-likeness (QED) is 0.894. The summed E-state index contributed by atoms with van der Waals surface area (Å²) in [5.74, 6) is 2.47. The van der Waals surface area contributed by atoms with Gasteiger partial charge in [0.2, 0.25) is 0 Å². The van der Waals surface area contributed by atoms with Crippen molar-refractivity contribution in [3.63, 3.8) is 0 Å². The normalized spacial score (nSPS) is 25.9. The van der Waals surface area contributed by atoms with E-state index in [1.807, 2.05) is 19.9 Å². The Morgan fingerprint density at radius 2 is 1.86 bits per heavy atom. The molecule has 2 aliphatic rings. The molecule has 3 heteroatoms. The summed E-state index contributed by atoms with van der Waals surface area (Å²) < 4.78 is 11.6. The summed E-state index contributed by atoms with van der Waals surface area (Å²) in [5.41, 5.74) is 0.660. The van der Waals surface area contributed by atoms with Crippen LogP contribution in [0.15, 0.2) is 18.2 Å². The molecule has 1 aromatic rings. The van der Waals surface area contributed by atoms with Crippen molar-refractivity contribution in [3.8, 4) is 11.5 Å². The van der Waals surface area contributed by atoms with Crippen LogP contribution in [0.4, 0.5) is 0 Å². The Hall–Kier alpha value is -1.22. The number of hydrogen-bond acceptors (Lipinski definition) is 3. The second-order valence-electron chi connectivity index (χ2n) is 7.04. The van der Waals surface area contributed by atoms with Crippen molar-refractivity contribution in [1.82, 2.24) is 0 Å². The minimum absolute atomic E-state index is 0.332. The van der Waals surface area contributed by atoms with Crippen molar-refractivity contribution in [2.45, 2.75) is 63.6 Å². The summed E-state index contributed by atoms with van der Waals surface area (Å²) in [4.78, 5) is 0. The summed E-state index contributed by atoms with van der Waals surface area (Å²) in [5, 5.41) is 10.1. The van der Waals surface area contributed by atoms with Crippen LogP contribution >= 0.6 is 0 Å². The predicted molar refractivity (Wildman–Crippen MR) is 83.0 cm³/mol. The summed E-state index contributed by atoms with van der Waals surface area (Å²) in [6.45, 7) is 3.80. The molecule has 0 spiro atoms. The zero-order valence-corrected chi connectivity index (χ0v) is 13.3. The maximum absolute atomic E-state index is 10.1. The number of rotatable bonds is 5. The van der Waals surface area contributed by atoms with Gasteiger partial charge in [-0.3, -0.25) is 0 Å². The highest BCUT2D eigenvalue weighted by atomic mass is 16.5. The number of hydrogen-bond donors (Lipinski definition) is 1. The zero-order chi connectivity index (χ0) is 15.0. The van der Waals surface area contributed by atoms with Gasteiger partial charge in [-0.1, -0.05) is 6.07 Å². The van der Waals surface area contributed by atoms with E-state index in [9.17, 15) is 5.11 Å². The third-order valence-electron chi connectivity index (χ3n) is 4.91. The number of methoxy groups -OCH3 is 1. The van der Waals surface area contributed by atoms with Gasteiger partial charge in [0.05, 0.1) is 18.8 Å². The fourth-order valence-electron chi connectivity index (χ4n) is 3.55. The fraction of sp³-hybridized carbons (Fsp3) is 0.667. The van der Waals surface area contributed by atoms with Crippen molar-refractivity contribution in [3.05, 3.63) is 23.8 Å². The van der Waals surface area contributed by atoms with E-state index in [1.54, 1.807) is 7.11 Å². The highest BCUT2D eigenvalue weighted by molar-refractivity contribution is 5.45. The van der Waals surface area contributed by atoms with Crippen LogP contribution in [0.5, 0.6) is 11.5 Å². The van der Waals surface area contributed by atoms with E-state index in [4.69, 9.17) is 9.47 Å². The van der Waals surface area contributed by atoms with Gasteiger partial charge in [0.25, 0.3) is 0 Å². The molecular formula is C18H26O3. The largest absolute Gasteiger partial charge is 0.493 e. The van der Waals surface area contributed by atoms with Gasteiger partial charge < -0.3 is 14.6 Å². The summed E-state index contributed by atoms with van der Waals surface area (Å²) in [7, 11) is 1.69. The van der Waals surface area contributed by atoms with E-state index in [0.29, 0.717) is 17.9 Å². The van der Waals surface area contributed by atoms with Gasteiger partial charge in [0.1, 0.15) is 0 Å². The van der Waals surface area contributed by atoms with Gasteiger partial charge in [-0.05, 0) is 75.5 Å². The fourth-order valence-corrected chi connectivity index (χ4v) is 3.55. The minimum Gasteiger partial charge on any atom is -0.493 e. The molecule has 0 heterocycles. The monoisotopic (exact) mass is 290 g/mol. The molecule has 2 atom stereocenters. The lowest BCUT2D eigenvalue weighted by molar-refractivity contribution is 0.0546. The zero-order valence-electron chi connectivity index (χ0n) is 13.3. The van der Waals surface area contributed by atoms with Crippen LogP contribution in [0.1, 0.15) is 57.4 Å². The van der Waals surface area contributed by atoms with Gasteiger partial charge in [-0.25, -0.2) is 0 Å². The van der Waals surface area contributed by atoms with Crippen LogP contribution < -0.4 is 9.47 Å². The molecule has 2 unspecified atom stereocenters. The Balaban J connectivity index is 1.77. The lowest BCUT2D eigenvalue weighted by atomic mass is 9.98. The molecule has 1 aromatic carbocycles. The molecule has 0 radical (unpaired) electrons. The molecule has 0 amide bonds. The van der Waals surface area contributed by atoms with Crippen LogP contribution in [0.2, 0.25) is 0 Å². The molecule has 3 nitrogen and oxygen atoms in total. The summed E-state index contributed by atoms with van der Waals surface area (Å²) >= 11 is 0. The van der Waals surface area contributed by atoms with E-state index in [-0.39, 0.29) is 0 Å². The maximum atomic E-state index is 10.1. The van der Waals surface area contributed by atoms with E-state index in [0.717, 1.165) is 30.8 Å². The highest BCUT2D eigenvalue weighted by Crippen LogP contribution is 2.54. The third kappa shape index (κ3) is 3.18. The number of benzene rings is 1. The summed E-state index contributed by atoms with van der Waals surface area (Å²) in [6, 6.07) is 6.23. The predicted octanol–water partition coefficient (Wildman–Crippen LogP) is 3.89. The molecule has 116 valence electrons. The van der Waals surface area contributed by atoms with Gasteiger partial charge in [0, 0.05) is 0 Å². The average molecular weight is 290 g/mol. The number of aliphatic hydroxyl groups is 1. The lowest BCUT2D eigenvalue weighted by Gasteiger charge is -2.19. The van der Waals surface area contributed by atoms with Gasteiger partial charge in [-0.2, -0.15) is 0 Å². The van der Waals surface area contributed by atoms with Crippen LogP contribution in [0.3, 0.4) is 0 Å². The first-order valence-corrected chi connectivity index (χ1v) is 8.06. The minimum atomic E-state index is -0.600. The Morgan fingerprint density at radius 3 is 2.43 bits per heavy atom. The molecule has 0 aromatic heterocycles. The maximum Gasteiger partial charge on any atom is 0.161 e. The Bertz CT molecular complexity index is 498. The average Bonchev–Trinajstić information content (AvgIpc) is 3.11. The number of ether oxygens (including phenoxy) is 2. The molecule has 0 aliphatic heterocycles. The van der Waals surface area contributed by atoms with Crippen LogP contribution in [-0.4, -0.2) is 23.9 Å². The topological polar surface area (TPSA) is 38.7 Å². The third-order valence-corrected chi connectivity index (χ3v) is 4.91. The highest BCUT2D eigenvalue weighted by Gasteiger charge is 2.47. The van der Waals surface area contributed by atoms with Crippen LogP contribution in [0.25, 0.3) is 0 Å². The second kappa shape index (κ2) is 5.53. The lowest BCUT2D eigenvalue weighted by Crippen LogP contribution is -2.22. The van der Waals surface area contributed by atoms with Crippen LogP contribution in [-0.2, 0) is 0 Å². The van der Waals surface area contributed by atoms with Gasteiger partial charge >= 0.3 is 0 Å². The Morgan fingerprint density at radius 1 is 1.14 bits per heavy atom. The van der Waals surface area contributed by atoms with Crippen molar-refractivity contribution in [2.24, 2.45) is 5.92 Å². The Kier molecular flexibility index (Phi) is 3.87. The first-order valence-electron chi connectivity index (χ1n) is 8.06. The molecule has 0 saturated heterocycles. The smallest absolute Gasteiger partial charge is 0.161 e. The van der Waals surface area contributed by atoms with E-state index >= 15 is 0 Å². The van der Waals surface area contributed by atoms with Crippen LogP contribution in [0, 0.1) is 5.92 Å². The van der Waals surface area contributed by atoms with Gasteiger partial charge in [-0.15, -0.1) is 0 Å². The first-order chi connectivity index (χ1) is 9.99. The van der Waals surface area contributed by atoms with Crippen molar-refractivity contribution < 1.29 is 14.6 Å². The molecular weight excluding hydrogens is 264 g/mol. The molecule has 1 N–H and O–H groups in total. The van der Waals surface area contributed by atoms with Crippen molar-refractivity contribution in [1.29, 1.82) is 0 Å². The first kappa shape index (κ1) is 14.7.